The van der Waals surface area contributed by atoms with E-state index in [2.05, 4.69) is 108 Å². The zero-order valence-corrected chi connectivity index (χ0v) is 39.5. The molecule has 0 spiro atoms. The van der Waals surface area contributed by atoms with Gasteiger partial charge in [0.15, 0.2) is 0 Å². The first kappa shape index (κ1) is 45.6. The van der Waals surface area contributed by atoms with Crippen LogP contribution in [0.4, 0.5) is 11.4 Å². The molecule has 1 aliphatic carbocycles. The molecule has 10 heteroatoms. The summed E-state index contributed by atoms with van der Waals surface area (Å²) in [6.45, 7) is 22.6. The number of benzene rings is 4. The lowest BCUT2D eigenvalue weighted by molar-refractivity contribution is 0.180. The van der Waals surface area contributed by atoms with E-state index >= 15 is 0 Å². The average Bonchev–Trinajstić information content (AvgIpc) is 3.14. The number of fused-ring (bicyclic) bond motifs is 8. The van der Waals surface area contributed by atoms with Gasteiger partial charge in [-0.25, -0.2) is 0 Å². The van der Waals surface area contributed by atoms with E-state index in [9.17, 15) is 10.4 Å². The van der Waals surface area contributed by atoms with Crippen LogP contribution < -0.4 is 29.1 Å². The summed E-state index contributed by atoms with van der Waals surface area (Å²) in [5.74, 6) is 3.25. The summed E-state index contributed by atoms with van der Waals surface area (Å²) < 4.78 is 28.8. The van der Waals surface area contributed by atoms with Crippen LogP contribution in [0.1, 0.15) is 139 Å². The molecule has 0 saturated heterocycles. The van der Waals surface area contributed by atoms with Gasteiger partial charge in [-0.2, -0.15) is 0 Å². The van der Waals surface area contributed by atoms with E-state index in [0.717, 1.165) is 102 Å². The van der Waals surface area contributed by atoms with Crippen molar-refractivity contribution < 1.29 is 29.4 Å². The van der Waals surface area contributed by atoms with Gasteiger partial charge < -0.3 is 18.9 Å². The quantitative estimate of drug-likeness (QED) is 0.107. The van der Waals surface area contributed by atoms with Crippen molar-refractivity contribution in [3.8, 4) is 23.0 Å². The lowest BCUT2D eigenvalue weighted by atomic mass is 9.90. The third kappa shape index (κ3) is 11.0. The maximum Gasteiger partial charge on any atom is 0.126 e. The minimum atomic E-state index is -0.561. The molecular formula is C48H64Br2N2O6. The van der Waals surface area contributed by atoms with Gasteiger partial charge in [-0.05, 0) is 116 Å². The first-order chi connectivity index (χ1) is 27.5. The van der Waals surface area contributed by atoms with Gasteiger partial charge in [0.1, 0.15) is 23.0 Å². The van der Waals surface area contributed by atoms with Gasteiger partial charge in [0, 0.05) is 79.1 Å². The number of halogens is 2. The maximum atomic E-state index is 11.7. The first-order valence-electron chi connectivity index (χ1n) is 20.9. The second kappa shape index (κ2) is 19.7. The summed E-state index contributed by atoms with van der Waals surface area (Å²) in [4.78, 5) is 0. The molecule has 316 valence electrons. The molecule has 8 nitrogen and oxygen atoms in total. The topological polar surface area (TPSA) is 83.9 Å². The molecule has 4 aromatic rings. The minimum absolute atomic E-state index is 0.491. The highest BCUT2D eigenvalue weighted by Crippen LogP contribution is 2.44. The van der Waals surface area contributed by atoms with Crippen molar-refractivity contribution in [2.75, 3.05) is 36.6 Å². The van der Waals surface area contributed by atoms with Gasteiger partial charge in [-0.15, -0.1) is 0 Å². The van der Waals surface area contributed by atoms with Gasteiger partial charge in [0.2, 0.25) is 0 Å². The van der Waals surface area contributed by atoms with Crippen LogP contribution in [0.15, 0.2) is 57.5 Å². The number of hydrogen-bond donors (Lipinski definition) is 2. The molecule has 0 aliphatic heterocycles. The van der Waals surface area contributed by atoms with Crippen molar-refractivity contribution in [2.45, 2.75) is 132 Å². The van der Waals surface area contributed by atoms with Crippen LogP contribution in [0.5, 0.6) is 23.0 Å². The smallest absolute Gasteiger partial charge is 0.126 e. The predicted octanol–water partition coefficient (Wildman–Crippen LogP) is 13.0. The van der Waals surface area contributed by atoms with E-state index in [1.165, 1.54) is 10.1 Å². The van der Waals surface area contributed by atoms with Crippen molar-refractivity contribution in [3.05, 3.63) is 102 Å². The molecule has 0 saturated carbocycles. The van der Waals surface area contributed by atoms with Crippen LogP contribution in [0, 0.1) is 0 Å². The Morgan fingerprint density at radius 2 is 0.638 bits per heavy atom. The Kier molecular flexibility index (Phi) is 15.5. The van der Waals surface area contributed by atoms with Crippen molar-refractivity contribution in [1.29, 1.82) is 0 Å². The molecular weight excluding hydrogens is 860 g/mol. The van der Waals surface area contributed by atoms with Gasteiger partial charge in [-0.3, -0.25) is 20.5 Å². The number of nitrogens with zero attached hydrogens (tertiary/aromatic N) is 2. The second-order valence-electron chi connectivity index (χ2n) is 17.4. The second-order valence-corrected chi connectivity index (χ2v) is 19.2. The van der Waals surface area contributed by atoms with E-state index < -0.39 is 11.1 Å². The SMILES string of the molecule is CCCOc1c2cc(Br)cc1Cc1cc(N(O)C(C)(C)C)cc(c1OCCC)Cc1cc(Br)cc(c1OCCC)Cc1cc(N(O)C(C)(C)C)cc(c1OCCC)C2. The van der Waals surface area contributed by atoms with E-state index in [0.29, 0.717) is 63.5 Å². The summed E-state index contributed by atoms with van der Waals surface area (Å²) in [7, 11) is 0. The Labute approximate surface area is 364 Å². The number of hydrogen-bond acceptors (Lipinski definition) is 8. The molecule has 0 unspecified atom stereocenters. The molecule has 8 bridgehead atoms. The number of hydroxylamine groups is 2. The highest BCUT2D eigenvalue weighted by molar-refractivity contribution is 9.10. The van der Waals surface area contributed by atoms with Crippen molar-refractivity contribution in [3.63, 3.8) is 0 Å². The summed E-state index contributed by atoms with van der Waals surface area (Å²) in [6.07, 6.45) is 5.34. The Morgan fingerprint density at radius 3 is 0.828 bits per heavy atom. The van der Waals surface area contributed by atoms with Gasteiger partial charge in [-0.1, -0.05) is 59.6 Å². The molecule has 0 atom stereocenters. The van der Waals surface area contributed by atoms with Crippen LogP contribution in [0.2, 0.25) is 0 Å². The summed E-state index contributed by atoms with van der Waals surface area (Å²) in [5.41, 5.74) is 8.04. The zero-order chi connectivity index (χ0) is 42.4. The average molecular weight is 925 g/mol. The number of ether oxygens (including phenoxy) is 4. The zero-order valence-electron chi connectivity index (χ0n) is 36.3. The Balaban J connectivity index is 1.93. The van der Waals surface area contributed by atoms with Crippen LogP contribution in [-0.4, -0.2) is 47.9 Å². The maximum absolute atomic E-state index is 11.7. The van der Waals surface area contributed by atoms with Crippen LogP contribution in [-0.2, 0) is 25.7 Å². The number of anilines is 2. The molecule has 0 fully saturated rings. The minimum Gasteiger partial charge on any atom is -0.493 e. The summed E-state index contributed by atoms with van der Waals surface area (Å²) in [6, 6.07) is 16.8. The molecule has 5 rings (SSSR count). The summed E-state index contributed by atoms with van der Waals surface area (Å²) >= 11 is 7.76. The van der Waals surface area contributed by atoms with Crippen molar-refractivity contribution in [1.82, 2.24) is 0 Å². The molecule has 0 heterocycles. The fourth-order valence-electron chi connectivity index (χ4n) is 7.34. The third-order valence-electron chi connectivity index (χ3n) is 9.96. The van der Waals surface area contributed by atoms with E-state index in [1.54, 1.807) is 0 Å². The number of rotatable bonds is 14. The lowest BCUT2D eigenvalue weighted by Crippen LogP contribution is -2.38. The standard InChI is InChI=1S/C48H64Br2N2O6/c1-11-15-55-43-31-19-35-27-41(51(53)47(5,6)7)29-37(45(35)57-17-13-3)21-33-25-40(50)26-34(44(33)56-16-12-2)22-38-30-42(52(54)48(8,9)10)28-36(46(38)58-18-14-4)20-32(43)24-39(49)23-31/h23-30,53-54H,11-22H2,1-10H3. The fraction of sp³-hybridized carbons (Fsp3) is 0.500. The van der Waals surface area contributed by atoms with Gasteiger partial charge in [0.05, 0.1) is 48.9 Å². The molecule has 58 heavy (non-hydrogen) atoms. The van der Waals surface area contributed by atoms with Crippen molar-refractivity contribution in [2.24, 2.45) is 0 Å². The Hall–Kier alpha value is -3.44. The molecule has 2 N–H and O–H groups in total. The summed E-state index contributed by atoms with van der Waals surface area (Å²) in [5, 5.41) is 26.1. The highest BCUT2D eigenvalue weighted by atomic mass is 79.9. The Morgan fingerprint density at radius 1 is 0.431 bits per heavy atom. The van der Waals surface area contributed by atoms with Crippen LogP contribution in [0.25, 0.3) is 0 Å². The van der Waals surface area contributed by atoms with E-state index in [-0.39, 0.29) is 0 Å². The monoisotopic (exact) mass is 922 g/mol. The first-order valence-corrected chi connectivity index (χ1v) is 22.5. The van der Waals surface area contributed by atoms with E-state index in [1.807, 2.05) is 41.5 Å². The largest absolute Gasteiger partial charge is 0.493 e. The van der Waals surface area contributed by atoms with Crippen LogP contribution >= 0.6 is 31.9 Å². The molecule has 0 aromatic heterocycles. The van der Waals surface area contributed by atoms with Gasteiger partial charge in [0.25, 0.3) is 0 Å². The molecule has 1 aliphatic rings. The molecule has 0 radical (unpaired) electrons. The third-order valence-corrected chi connectivity index (χ3v) is 10.9. The fourth-order valence-corrected chi connectivity index (χ4v) is 8.45. The highest BCUT2D eigenvalue weighted by Gasteiger charge is 2.28. The Bertz CT molecular complexity index is 1790. The molecule has 4 aromatic carbocycles. The lowest BCUT2D eigenvalue weighted by Gasteiger charge is -2.33. The van der Waals surface area contributed by atoms with E-state index in [4.69, 9.17) is 18.9 Å². The normalized spacial score (nSPS) is 12.9. The predicted molar refractivity (Wildman–Crippen MR) is 244 cm³/mol. The van der Waals surface area contributed by atoms with Crippen LogP contribution in [0.3, 0.4) is 0 Å². The molecule has 0 amide bonds. The van der Waals surface area contributed by atoms with Crippen molar-refractivity contribution >= 4 is 43.2 Å². The van der Waals surface area contributed by atoms with Gasteiger partial charge >= 0.3 is 0 Å².